The molecule has 2 unspecified atom stereocenters. The van der Waals surface area contributed by atoms with Gasteiger partial charge < -0.3 is 0 Å². The van der Waals surface area contributed by atoms with Gasteiger partial charge in [0.05, 0.1) is 27.1 Å². The second kappa shape index (κ2) is 10.8. The van der Waals surface area contributed by atoms with Gasteiger partial charge in [-0.1, -0.05) is 119 Å². The van der Waals surface area contributed by atoms with Crippen LogP contribution in [0.5, 0.6) is 0 Å². The maximum atomic E-state index is 11.0. The summed E-state index contributed by atoms with van der Waals surface area (Å²) >= 11 is 48.2. The van der Waals surface area contributed by atoms with Crippen LogP contribution in [0.2, 0.25) is 25.1 Å². The molecule has 0 bridgehead atoms. The molecule has 11 aliphatic rings. The van der Waals surface area contributed by atoms with E-state index in [0.717, 1.165) is 25.1 Å². The zero-order valence-electron chi connectivity index (χ0n) is 48.8. The first-order chi connectivity index (χ1) is 47.2. The Labute approximate surface area is 564 Å². The van der Waals surface area contributed by atoms with E-state index >= 15 is 0 Å². The first-order valence-electron chi connectivity index (χ1n) is 34.0. The summed E-state index contributed by atoms with van der Waals surface area (Å²) in [6.07, 6.45) is 0. The predicted molar refractivity (Wildman–Crippen MR) is 397 cm³/mol. The maximum Gasteiger partial charge on any atom is 0.109 e. The Bertz CT molecular complexity index is 8330. The Morgan fingerprint density at radius 2 is 0.323 bits per heavy atom. The summed E-state index contributed by atoms with van der Waals surface area (Å²) in [5.41, 5.74) is 21.5. The highest BCUT2D eigenvalue weighted by Gasteiger charge is 2.87. The summed E-state index contributed by atoms with van der Waals surface area (Å²) in [6, 6.07) is 46.7. The topological polar surface area (TPSA) is 0 Å². The second-order valence-corrected chi connectivity index (χ2v) is 34.9. The third-order valence-electron chi connectivity index (χ3n) is 31.1. The molecule has 0 fully saturated rings. The van der Waals surface area contributed by atoms with Crippen LogP contribution in [0.25, 0.3) is 215 Å². The van der Waals surface area contributed by atoms with Crippen molar-refractivity contribution in [3.05, 3.63) is 252 Å². The van der Waals surface area contributed by atoms with Crippen LogP contribution in [-0.4, -0.2) is 4.87 Å². The van der Waals surface area contributed by atoms with Gasteiger partial charge in [0.15, 0.2) is 0 Å². The summed E-state index contributed by atoms with van der Waals surface area (Å²) in [5.74, 6) is 0. The van der Waals surface area contributed by atoms with Crippen molar-refractivity contribution in [3.8, 4) is 0 Å². The van der Waals surface area contributed by atoms with Gasteiger partial charge >= 0.3 is 0 Å². The smallest absolute Gasteiger partial charge is 0.108 e. The highest BCUT2D eigenvalue weighted by molar-refractivity contribution is 6.77. The monoisotopic (exact) mass is 1310 g/mol. The molecule has 0 radical (unpaired) electrons. The van der Waals surface area contributed by atoms with E-state index in [1.807, 2.05) is 0 Å². The first kappa shape index (κ1) is 43.1. The molecule has 0 aliphatic heterocycles. The van der Waals surface area contributed by atoms with Crippen LogP contribution in [0.3, 0.4) is 0 Å². The first-order valence-corrected chi connectivity index (χ1v) is 36.3. The van der Waals surface area contributed by atoms with E-state index in [4.69, 9.17) is 58.0 Å². The predicted octanol–water partition coefficient (Wildman–Crippen LogP) is 24.8. The Morgan fingerprint density at radius 3 is 0.542 bits per heavy atom. The number of hydrogen-bond donors (Lipinski definition) is 0. The van der Waals surface area contributed by atoms with Crippen molar-refractivity contribution in [3.63, 3.8) is 0 Å². The molecule has 0 saturated carbocycles. The molecule has 0 N–H and O–H groups in total. The fourth-order valence-electron chi connectivity index (χ4n) is 30.4. The maximum absolute atomic E-state index is 11.0. The van der Waals surface area contributed by atoms with E-state index in [9.17, 15) is 11.6 Å². The minimum atomic E-state index is -1.35. The summed E-state index contributed by atoms with van der Waals surface area (Å²) in [5, 5.41) is 63.7. The number of halogens is 6. The third-order valence-corrected chi connectivity index (χ3v) is 33.0. The summed E-state index contributed by atoms with van der Waals surface area (Å²) in [7, 11) is 0. The number of alkyl halides is 1. The van der Waals surface area contributed by atoms with Crippen molar-refractivity contribution in [2.75, 3.05) is 0 Å². The fraction of sp³-hybridized carbons (Fsp3) is 0.0667. The van der Waals surface area contributed by atoms with Gasteiger partial charge in [0.25, 0.3) is 0 Å². The molecule has 26 aromatic carbocycles. The van der Waals surface area contributed by atoms with Crippen LogP contribution in [0.1, 0.15) is 83.5 Å². The molecule has 26 aromatic rings. The van der Waals surface area contributed by atoms with E-state index in [1.165, 1.54) is 305 Å². The Morgan fingerprint density at radius 1 is 0.167 bits per heavy atom. The lowest BCUT2D eigenvalue weighted by Crippen LogP contribution is -2.65. The van der Waals surface area contributed by atoms with Gasteiger partial charge in [-0.25, -0.2) is 0 Å². The third kappa shape index (κ3) is 2.72. The quantitative estimate of drug-likeness (QED) is 0.119. The van der Waals surface area contributed by atoms with E-state index < -0.39 is 31.9 Å². The van der Waals surface area contributed by atoms with Gasteiger partial charge in [-0.2, -0.15) is 0 Å². The number of hydrogen-bond acceptors (Lipinski definition) is 0. The summed E-state index contributed by atoms with van der Waals surface area (Å²) in [4.78, 5) is -1.35. The Kier molecular flexibility index (Phi) is 4.86. The molecule has 0 saturated heterocycles. The molecular formula is C90H20Cl6. The molecule has 422 valence electrons. The van der Waals surface area contributed by atoms with Crippen molar-refractivity contribution in [1.82, 2.24) is 0 Å². The van der Waals surface area contributed by atoms with Crippen LogP contribution >= 0.6 is 69.6 Å². The summed E-state index contributed by atoms with van der Waals surface area (Å²) < 4.78 is 0. The molecule has 0 heterocycles. The molecule has 6 heteroatoms. The molecular weight excluding hydrogens is 1290 g/mol. The van der Waals surface area contributed by atoms with Gasteiger partial charge in [-0.3, -0.25) is 0 Å². The van der Waals surface area contributed by atoms with Crippen molar-refractivity contribution in [2.45, 2.75) is 31.9 Å². The van der Waals surface area contributed by atoms with Crippen LogP contribution in [0, 0.1) is 0 Å². The molecule has 0 spiro atoms. The normalized spacial score (nSPS) is 26.6. The van der Waals surface area contributed by atoms with Crippen LogP contribution in [0.15, 0.2) is 144 Å². The van der Waals surface area contributed by atoms with Gasteiger partial charge in [0.1, 0.15) is 4.87 Å². The molecule has 0 amide bonds. The average molecular weight is 1310 g/mol. The minimum absolute atomic E-state index is 0.718. The standard InChI is InChI=1S/C90H20Cl6/c91-26-11-1-21(2-12-26)85-71-61-51-41-36-31-32-34-35-33(31)38-44-42(36)52(51)62-64-54(44)56-46(38)48-40(35)50-49-39(34)47-45-37(32)43(41)53-55(45)65-67-57(47)59(49)69-70-60(50)58(48)68-66(56)76-74(64)86(72(62)71,22-3-13-27(92)14-4-22)82-81(85)83-87(75(65)73(85)63(53)61,23-5-15-28(93)16-6-23)77(67)79(69)89(25-9-19-30(95)20-10-25)80(70)78(68)88(76,84(82)90(83,89)96)24-7-17-29(94)18-8-24/h1-20H/t85-,86+,87-,88+,89?,90?. The van der Waals surface area contributed by atoms with E-state index in [2.05, 4.69) is 121 Å². The zero-order chi connectivity index (χ0) is 60.1. The van der Waals surface area contributed by atoms with Crippen LogP contribution in [0.4, 0.5) is 0 Å². The SMILES string of the molecule is Clc1ccc(C23c4c5c6c7c8c9c%10c%11c%12c%13c%14c%15c%16c%17c%18c%19c(c2c2c4c4c6c6c%20c7c%10c7c%10c%11c%14c%11c%14c%15c%18c%15c%18c%19c2c2c4c6c4c(c2%18)c(c%15%14)c(c%10%11)c4c%207)[C@]%17(c2ccc(Cl)cc2)C2=C(C(=C(C23Cl)[C@]58c2ccc(Cl)cc2)[C@]9%12c2ccc(Cl)cc2)[C@@]%16%13c2ccc(Cl)cc2)cc1. The van der Waals surface area contributed by atoms with Gasteiger partial charge in [-0.15, -0.1) is 11.6 Å². The lowest BCUT2D eigenvalue weighted by molar-refractivity contribution is 0.394. The fourth-order valence-corrected chi connectivity index (χ4v) is 31.8. The van der Waals surface area contributed by atoms with E-state index in [-0.39, 0.29) is 0 Å². The van der Waals surface area contributed by atoms with Gasteiger partial charge in [-0.05, 0) is 382 Å². The lowest BCUT2D eigenvalue weighted by Gasteiger charge is -2.64. The molecule has 96 heavy (non-hydrogen) atoms. The van der Waals surface area contributed by atoms with Crippen LogP contribution < -0.4 is 0 Å². The largest absolute Gasteiger partial charge is 0.109 e. The molecule has 11 aliphatic carbocycles. The molecule has 37 rings (SSSR count). The Balaban J connectivity index is 1.04. The molecule has 6 atom stereocenters. The van der Waals surface area contributed by atoms with Crippen LogP contribution in [-0.2, 0) is 27.1 Å². The number of rotatable bonds is 5. The second-order valence-electron chi connectivity index (χ2n) is 32.2. The Hall–Kier alpha value is -9.18. The van der Waals surface area contributed by atoms with E-state index in [1.54, 1.807) is 16.2 Å². The van der Waals surface area contributed by atoms with Gasteiger partial charge in [0.2, 0.25) is 0 Å². The molecule has 0 nitrogen and oxygen atoms in total. The number of benzene rings is 20. The average Bonchev–Trinajstić information content (AvgIpc) is 1.37. The van der Waals surface area contributed by atoms with Crippen molar-refractivity contribution in [1.29, 1.82) is 0 Å². The van der Waals surface area contributed by atoms with Gasteiger partial charge in [0, 0.05) is 25.1 Å². The number of allylic oxidation sites excluding steroid dienone is 4. The van der Waals surface area contributed by atoms with E-state index in [0.29, 0.717) is 0 Å². The summed E-state index contributed by atoms with van der Waals surface area (Å²) in [6.45, 7) is 0. The highest BCUT2D eigenvalue weighted by atomic mass is 35.5. The van der Waals surface area contributed by atoms with Crippen molar-refractivity contribution >= 4 is 285 Å². The van der Waals surface area contributed by atoms with Crippen molar-refractivity contribution in [2.24, 2.45) is 0 Å². The zero-order valence-corrected chi connectivity index (χ0v) is 53.4. The molecule has 0 aromatic heterocycles. The lowest BCUT2D eigenvalue weighted by atomic mass is 9.39. The highest BCUT2D eigenvalue weighted by Crippen LogP contribution is 2.94. The van der Waals surface area contributed by atoms with Crippen molar-refractivity contribution < 1.29 is 0 Å². The minimum Gasteiger partial charge on any atom is -0.108 e.